The van der Waals surface area contributed by atoms with Crippen LogP contribution in [0.3, 0.4) is 0 Å². The molecule has 14 nitrogen and oxygen atoms in total. The van der Waals surface area contributed by atoms with Gasteiger partial charge >= 0.3 is 6.03 Å². The zero-order chi connectivity index (χ0) is 52.3. The largest absolute Gasteiger partial charge is 0.346 e. The third kappa shape index (κ3) is 7.27. The van der Waals surface area contributed by atoms with Gasteiger partial charge in [-0.3, -0.25) is 33.9 Å². The van der Waals surface area contributed by atoms with E-state index in [2.05, 4.69) is 77.7 Å². The van der Waals surface area contributed by atoms with Crippen molar-refractivity contribution in [3.05, 3.63) is 142 Å². The molecule has 0 bridgehead atoms. The summed E-state index contributed by atoms with van der Waals surface area (Å²) in [6, 6.07) is 14.3. The summed E-state index contributed by atoms with van der Waals surface area (Å²) in [6.07, 6.45) is 26.7. The van der Waals surface area contributed by atoms with E-state index in [4.69, 9.17) is 5.26 Å². The van der Waals surface area contributed by atoms with Crippen LogP contribution in [0.1, 0.15) is 131 Å². The molecule has 1 saturated carbocycles. The molecule has 3 fully saturated rings. The molecule has 6 aromatic rings. The number of allylic oxidation sites excluding steroid dienone is 6. The number of hydrogen-bond donors (Lipinski definition) is 0. The second-order valence-electron chi connectivity index (χ2n) is 22.5. The average molecular weight is 1010 g/mol. The van der Waals surface area contributed by atoms with Gasteiger partial charge in [-0.1, -0.05) is 51.8 Å². The first-order valence-electron chi connectivity index (χ1n) is 27.1. The standard InChI is InChI=1S/C22H23N3O2.C22H23N3.C18H12N4O2/c1-12(2)19(22(27)24-10-13(3)11-24)25-9-7-15-14-6-8-23-17-5-4-16(18(14)17)21(26)20(15)25;1-14-13-24-18-7-6-16-12-20-17(21(14)22(16)18)9-11-25(20)19(8-10-23)15-4-2-3-5-15;19-7-10-8-21(9-10)18(24)22-6-4-12-11-3-5-20-14-2-1-13(15(11)14)17(23)16(12)22/h4,6-9,12-13,19H,5,10-11H2,1-3H3;6,9,11,13,15,19H,2-5,7-8,12H2,1H3;1,3-6,10H,2,8-9H2. The number of rotatable bonds is 6. The van der Waals surface area contributed by atoms with Gasteiger partial charge in [0.1, 0.15) is 11.7 Å². The average Bonchev–Trinajstić information content (AvgIpc) is 4.27. The van der Waals surface area contributed by atoms with Crippen molar-refractivity contribution in [1.82, 2.24) is 38.5 Å². The van der Waals surface area contributed by atoms with Gasteiger partial charge in [-0.05, 0) is 95.7 Å². The summed E-state index contributed by atoms with van der Waals surface area (Å²) in [7, 11) is 0. The van der Waals surface area contributed by atoms with E-state index >= 15 is 0 Å². The Morgan fingerprint density at radius 3 is 1.95 bits per heavy atom. The predicted octanol–water partition coefficient (Wildman–Crippen LogP) is 10.5. The lowest BCUT2D eigenvalue weighted by atomic mass is 9.85. The molecule has 9 aliphatic rings. The summed E-state index contributed by atoms with van der Waals surface area (Å²) in [5.41, 5.74) is 19.5. The minimum Gasteiger partial charge on any atom is -0.346 e. The summed E-state index contributed by atoms with van der Waals surface area (Å²) in [5.74, 6) is 1.22. The van der Waals surface area contributed by atoms with Gasteiger partial charge in [0.25, 0.3) is 0 Å². The number of likely N-dealkylation sites (tertiary alicyclic amines) is 2. The van der Waals surface area contributed by atoms with Crippen LogP contribution in [0, 0.1) is 53.3 Å². The van der Waals surface area contributed by atoms with Crippen LogP contribution in [0.4, 0.5) is 4.79 Å². The van der Waals surface area contributed by atoms with E-state index in [0.29, 0.717) is 67.2 Å². The third-order valence-electron chi connectivity index (χ3n) is 17.5. The van der Waals surface area contributed by atoms with Crippen LogP contribution in [0.25, 0.3) is 50.1 Å². The molecule has 0 radical (unpaired) electrons. The van der Waals surface area contributed by atoms with E-state index in [9.17, 15) is 24.4 Å². The van der Waals surface area contributed by atoms with E-state index in [0.717, 1.165) is 76.3 Å². The van der Waals surface area contributed by atoms with Crippen molar-refractivity contribution in [3.63, 3.8) is 0 Å². The van der Waals surface area contributed by atoms with Crippen molar-refractivity contribution in [3.8, 4) is 45.5 Å². The van der Waals surface area contributed by atoms with Gasteiger partial charge in [-0.2, -0.15) is 10.5 Å². The first-order valence-corrected chi connectivity index (χ1v) is 27.1. The number of pyridine rings is 3. The number of carbonyl (C=O) groups excluding carboxylic acids is 4. The van der Waals surface area contributed by atoms with E-state index in [1.54, 1.807) is 17.3 Å². The van der Waals surface area contributed by atoms with Gasteiger partial charge in [-0.25, -0.2) is 4.79 Å². The molecule has 7 aliphatic carbocycles. The fraction of sp³-hybridized carbons (Fsp3) is 0.371. The SMILES string of the molecule is CC1CN(C(=O)C(C(C)C)n2ccc3c2C(=O)C2=CCc4nccc-3c42)C1.Cc1cnc2c3c1-c1ccn(C(CC#N)C4CCCC4)c1CC3=CC2.N#CC1CN(C(=O)n2ccc3c2C(=O)C2=CCc4nccc-3c42)C1. The lowest BCUT2D eigenvalue weighted by molar-refractivity contribution is -0.142. The summed E-state index contributed by atoms with van der Waals surface area (Å²) >= 11 is 0. The second kappa shape index (κ2) is 18.3. The third-order valence-corrected chi connectivity index (χ3v) is 17.5. The number of fused-ring (bicyclic) bond motifs is 6. The zero-order valence-electron chi connectivity index (χ0n) is 43.3. The van der Waals surface area contributed by atoms with Crippen LogP contribution >= 0.6 is 0 Å². The zero-order valence-corrected chi connectivity index (χ0v) is 43.3. The highest BCUT2D eigenvalue weighted by Crippen LogP contribution is 2.49. The molecule has 2 aliphatic heterocycles. The molecule has 0 spiro atoms. The molecule has 8 heterocycles. The van der Waals surface area contributed by atoms with Crippen molar-refractivity contribution >= 4 is 40.2 Å². The fourth-order valence-electron chi connectivity index (χ4n) is 13.8. The molecule has 0 N–H and O–H groups in total. The Morgan fingerprint density at radius 1 is 0.697 bits per heavy atom. The van der Waals surface area contributed by atoms with Gasteiger partial charge < -0.3 is 18.9 Å². The molecule has 14 heteroatoms. The molecule has 6 aromatic heterocycles. The van der Waals surface area contributed by atoms with Crippen molar-refractivity contribution < 1.29 is 19.2 Å². The van der Waals surface area contributed by atoms with Gasteiger partial charge in [-0.15, -0.1) is 0 Å². The highest BCUT2D eigenvalue weighted by atomic mass is 16.2. The van der Waals surface area contributed by atoms with E-state index < -0.39 is 0 Å². The van der Waals surface area contributed by atoms with Crippen molar-refractivity contribution in [1.29, 1.82) is 10.5 Å². The Bertz CT molecular complexity index is 3700. The van der Waals surface area contributed by atoms with Crippen LogP contribution < -0.4 is 0 Å². The Labute approximate surface area is 441 Å². The Hall–Kier alpha value is -8.23. The van der Waals surface area contributed by atoms with Crippen LogP contribution in [0.2, 0.25) is 0 Å². The Balaban J connectivity index is 0.000000109. The lowest BCUT2D eigenvalue weighted by Gasteiger charge is -2.40. The van der Waals surface area contributed by atoms with Crippen LogP contribution in [0.5, 0.6) is 0 Å². The first kappa shape index (κ1) is 47.5. The number of nitrogens with zero attached hydrogens (tertiary/aromatic N) is 10. The second-order valence-corrected chi connectivity index (χ2v) is 22.5. The quantitative estimate of drug-likeness (QED) is 0.157. The summed E-state index contributed by atoms with van der Waals surface area (Å²) in [5, 5.41) is 18.3. The molecule has 2 unspecified atom stereocenters. The van der Waals surface area contributed by atoms with E-state index in [-0.39, 0.29) is 41.4 Å². The van der Waals surface area contributed by atoms with E-state index in [1.807, 2.05) is 64.5 Å². The van der Waals surface area contributed by atoms with Gasteiger partial charge in [0.2, 0.25) is 17.5 Å². The summed E-state index contributed by atoms with van der Waals surface area (Å²) in [4.78, 5) is 69.1. The van der Waals surface area contributed by atoms with Crippen molar-refractivity contribution in [2.75, 3.05) is 26.2 Å². The van der Waals surface area contributed by atoms with Crippen molar-refractivity contribution in [2.45, 2.75) is 97.6 Å². The van der Waals surface area contributed by atoms with Crippen LogP contribution in [-0.4, -0.2) is 88.1 Å². The maximum Gasteiger partial charge on any atom is 0.328 e. The number of aryl methyl sites for hydroxylation is 1. The topological polar surface area (TPSA) is 176 Å². The smallest absolute Gasteiger partial charge is 0.328 e. The Kier molecular flexibility index (Phi) is 11.4. The normalized spacial score (nSPS) is 18.6. The van der Waals surface area contributed by atoms with Gasteiger partial charge in [0.15, 0.2) is 0 Å². The maximum atomic E-state index is 13.3. The van der Waals surface area contributed by atoms with Crippen LogP contribution in [0.15, 0.2) is 85.7 Å². The number of carbonyl (C=O) groups is 4. The molecule has 2 atom stereocenters. The monoisotopic (exact) mass is 1010 g/mol. The lowest BCUT2D eigenvalue weighted by Crippen LogP contribution is -2.52. The minimum atomic E-state index is -0.352. The maximum absolute atomic E-state index is 13.3. The molecule has 380 valence electrons. The number of hydrogen-bond acceptors (Lipinski definition) is 9. The predicted molar refractivity (Wildman–Crippen MR) is 287 cm³/mol. The Morgan fingerprint density at radius 2 is 1.30 bits per heavy atom. The highest BCUT2D eigenvalue weighted by molar-refractivity contribution is 6.36. The summed E-state index contributed by atoms with van der Waals surface area (Å²) < 4.78 is 5.81. The van der Waals surface area contributed by atoms with Gasteiger partial charge in [0.05, 0.1) is 47.3 Å². The number of aromatic nitrogens is 6. The molecule has 2 saturated heterocycles. The van der Waals surface area contributed by atoms with Gasteiger partial charge in [0, 0.05) is 145 Å². The molecule has 15 rings (SSSR count). The van der Waals surface area contributed by atoms with Crippen LogP contribution in [-0.2, 0) is 30.5 Å². The molecule has 2 amide bonds. The molecular formula is C62H58N10O4. The number of ketones is 2. The number of Topliss-reactive ketones (excluding diaryl/α,β-unsaturated/α-hetero) is 2. The molecular weight excluding hydrogens is 949 g/mol. The highest BCUT2D eigenvalue weighted by Gasteiger charge is 2.42. The first-order chi connectivity index (χ1) is 36.9. The molecule has 0 aromatic carbocycles. The fourth-order valence-corrected chi connectivity index (χ4v) is 13.8. The van der Waals surface area contributed by atoms with E-state index in [1.165, 1.54) is 69.5 Å². The molecule has 76 heavy (non-hydrogen) atoms. The summed E-state index contributed by atoms with van der Waals surface area (Å²) in [6.45, 7) is 10.9. The van der Waals surface area contributed by atoms with Crippen molar-refractivity contribution in [2.24, 2.45) is 23.7 Å². The number of amides is 2. The number of nitriles is 2. The minimum absolute atomic E-state index is 0.0182.